The van der Waals surface area contributed by atoms with E-state index in [0.29, 0.717) is 32.8 Å². The Bertz CT molecular complexity index is 675. The van der Waals surface area contributed by atoms with E-state index >= 15 is 0 Å². The average molecular weight is 346 g/mol. The summed E-state index contributed by atoms with van der Waals surface area (Å²) in [4.78, 5) is 16.2. The standard InChI is InChI=1S/C18H23FN4O2/c1-21(11-15-3-5-16(19)6-4-15)18(24)14-22-9-10-25-17(12-22)13-23-8-2-7-20-23/h2-8,17H,9-14H2,1H3/t17-/m0/s1. The van der Waals surface area contributed by atoms with Crippen molar-refractivity contribution in [2.24, 2.45) is 0 Å². The monoisotopic (exact) mass is 346 g/mol. The lowest BCUT2D eigenvalue weighted by molar-refractivity contribution is -0.133. The molecule has 1 atom stereocenters. The summed E-state index contributed by atoms with van der Waals surface area (Å²) in [6, 6.07) is 8.11. The minimum atomic E-state index is -0.269. The van der Waals surface area contributed by atoms with Crippen molar-refractivity contribution in [2.45, 2.75) is 19.2 Å². The summed E-state index contributed by atoms with van der Waals surface area (Å²) in [5.74, 6) is -0.224. The van der Waals surface area contributed by atoms with Gasteiger partial charge in [0.05, 0.1) is 25.8 Å². The van der Waals surface area contributed by atoms with E-state index in [-0.39, 0.29) is 17.8 Å². The van der Waals surface area contributed by atoms with E-state index in [0.717, 1.165) is 12.1 Å². The zero-order valence-corrected chi connectivity index (χ0v) is 14.3. The molecule has 0 saturated carbocycles. The molecule has 0 radical (unpaired) electrons. The fourth-order valence-corrected chi connectivity index (χ4v) is 2.92. The van der Waals surface area contributed by atoms with Crippen LogP contribution in [-0.2, 0) is 22.6 Å². The molecule has 1 fully saturated rings. The van der Waals surface area contributed by atoms with Crippen LogP contribution in [0, 0.1) is 5.82 Å². The van der Waals surface area contributed by atoms with Crippen LogP contribution < -0.4 is 0 Å². The van der Waals surface area contributed by atoms with Crippen LogP contribution in [0.2, 0.25) is 0 Å². The second kappa shape index (κ2) is 8.22. The van der Waals surface area contributed by atoms with Crippen molar-refractivity contribution in [1.82, 2.24) is 19.6 Å². The predicted molar refractivity (Wildman–Crippen MR) is 91.3 cm³/mol. The van der Waals surface area contributed by atoms with E-state index in [9.17, 15) is 9.18 Å². The SMILES string of the molecule is CN(Cc1ccc(F)cc1)C(=O)CN1CCO[C@H](Cn2cccn2)C1. The zero-order chi connectivity index (χ0) is 17.6. The summed E-state index contributed by atoms with van der Waals surface area (Å²) in [5.41, 5.74) is 0.913. The molecule has 7 heteroatoms. The van der Waals surface area contributed by atoms with Gasteiger partial charge in [0.2, 0.25) is 5.91 Å². The Balaban J connectivity index is 1.48. The van der Waals surface area contributed by atoms with E-state index in [1.807, 2.05) is 16.9 Å². The van der Waals surface area contributed by atoms with Gasteiger partial charge in [0.25, 0.3) is 0 Å². The molecule has 1 aromatic carbocycles. The highest BCUT2D eigenvalue weighted by Gasteiger charge is 2.23. The lowest BCUT2D eigenvalue weighted by Gasteiger charge is -2.33. The van der Waals surface area contributed by atoms with Gasteiger partial charge < -0.3 is 9.64 Å². The minimum absolute atomic E-state index is 0.0313. The van der Waals surface area contributed by atoms with E-state index in [1.165, 1.54) is 12.1 Å². The van der Waals surface area contributed by atoms with Crippen molar-refractivity contribution in [3.8, 4) is 0 Å². The van der Waals surface area contributed by atoms with E-state index in [1.54, 1.807) is 30.3 Å². The lowest BCUT2D eigenvalue weighted by atomic mass is 10.2. The highest BCUT2D eigenvalue weighted by atomic mass is 19.1. The molecule has 134 valence electrons. The van der Waals surface area contributed by atoms with Crippen molar-refractivity contribution >= 4 is 5.91 Å². The third kappa shape index (κ3) is 5.11. The maximum absolute atomic E-state index is 13.0. The van der Waals surface area contributed by atoms with Crippen LogP contribution >= 0.6 is 0 Å². The van der Waals surface area contributed by atoms with Crippen molar-refractivity contribution < 1.29 is 13.9 Å². The third-order valence-corrected chi connectivity index (χ3v) is 4.29. The molecule has 6 nitrogen and oxygen atoms in total. The summed E-state index contributed by atoms with van der Waals surface area (Å²) in [7, 11) is 1.77. The third-order valence-electron chi connectivity index (χ3n) is 4.29. The fraction of sp³-hybridized carbons (Fsp3) is 0.444. The van der Waals surface area contributed by atoms with Crippen LogP contribution in [0.1, 0.15) is 5.56 Å². The number of carbonyl (C=O) groups excluding carboxylic acids is 1. The van der Waals surface area contributed by atoms with E-state index in [2.05, 4.69) is 10.00 Å². The number of amides is 1. The van der Waals surface area contributed by atoms with Gasteiger partial charge in [-0.25, -0.2) is 4.39 Å². The zero-order valence-electron chi connectivity index (χ0n) is 14.3. The Morgan fingerprint density at radius 1 is 1.40 bits per heavy atom. The highest BCUT2D eigenvalue weighted by molar-refractivity contribution is 5.78. The van der Waals surface area contributed by atoms with Gasteiger partial charge in [0, 0.05) is 39.1 Å². The Hall–Kier alpha value is -2.25. The first-order valence-corrected chi connectivity index (χ1v) is 8.40. The maximum Gasteiger partial charge on any atom is 0.236 e. The molecule has 3 rings (SSSR count). The highest BCUT2D eigenvalue weighted by Crippen LogP contribution is 2.09. The molecule has 1 aromatic heterocycles. The first-order chi connectivity index (χ1) is 12.1. The molecule has 2 heterocycles. The van der Waals surface area contributed by atoms with Crippen molar-refractivity contribution in [3.63, 3.8) is 0 Å². The Kier molecular flexibility index (Phi) is 5.78. The first kappa shape index (κ1) is 17.6. The first-order valence-electron chi connectivity index (χ1n) is 8.40. The number of benzene rings is 1. The van der Waals surface area contributed by atoms with Gasteiger partial charge in [-0.15, -0.1) is 0 Å². The summed E-state index contributed by atoms with van der Waals surface area (Å²) in [6.45, 7) is 3.57. The number of ether oxygens (including phenoxy) is 1. The Labute approximate surface area is 146 Å². The molecule has 1 aliphatic rings. The van der Waals surface area contributed by atoms with Crippen molar-refractivity contribution in [2.75, 3.05) is 33.3 Å². The number of morpholine rings is 1. The number of hydrogen-bond donors (Lipinski definition) is 0. The molecular weight excluding hydrogens is 323 g/mol. The van der Waals surface area contributed by atoms with Crippen molar-refractivity contribution in [1.29, 1.82) is 0 Å². The molecule has 0 aliphatic carbocycles. The molecule has 0 spiro atoms. The van der Waals surface area contributed by atoms with Gasteiger partial charge >= 0.3 is 0 Å². The molecule has 0 unspecified atom stereocenters. The van der Waals surface area contributed by atoms with Crippen molar-refractivity contribution in [3.05, 3.63) is 54.1 Å². The summed E-state index contributed by atoms with van der Waals surface area (Å²) in [5, 5.41) is 4.19. The van der Waals surface area contributed by atoms with Crippen LogP contribution in [0.15, 0.2) is 42.7 Å². The lowest BCUT2D eigenvalue weighted by Crippen LogP contribution is -2.48. The Morgan fingerprint density at radius 3 is 2.92 bits per heavy atom. The smallest absolute Gasteiger partial charge is 0.236 e. The summed E-state index contributed by atoms with van der Waals surface area (Å²) in [6.07, 6.45) is 3.68. The molecule has 0 bridgehead atoms. The number of halogens is 1. The van der Waals surface area contributed by atoms with Gasteiger partial charge in [-0.2, -0.15) is 5.10 Å². The number of likely N-dealkylation sites (N-methyl/N-ethyl adjacent to an activating group) is 1. The number of hydrogen-bond acceptors (Lipinski definition) is 4. The van der Waals surface area contributed by atoms with Crippen LogP contribution in [0.25, 0.3) is 0 Å². The quantitative estimate of drug-likeness (QED) is 0.793. The second-order valence-corrected chi connectivity index (χ2v) is 6.33. The van der Waals surface area contributed by atoms with Crippen LogP contribution in [0.5, 0.6) is 0 Å². The number of carbonyl (C=O) groups is 1. The molecule has 0 N–H and O–H groups in total. The number of aromatic nitrogens is 2. The van der Waals surface area contributed by atoms with Crippen LogP contribution in [0.4, 0.5) is 4.39 Å². The molecular formula is C18H23FN4O2. The van der Waals surface area contributed by atoms with Gasteiger partial charge in [-0.1, -0.05) is 12.1 Å². The van der Waals surface area contributed by atoms with Gasteiger partial charge in [-0.05, 0) is 23.8 Å². The molecule has 1 saturated heterocycles. The largest absolute Gasteiger partial charge is 0.374 e. The maximum atomic E-state index is 13.0. The molecule has 1 amide bonds. The molecule has 2 aromatic rings. The summed E-state index contributed by atoms with van der Waals surface area (Å²) >= 11 is 0. The average Bonchev–Trinajstić information content (AvgIpc) is 3.10. The van der Waals surface area contributed by atoms with Gasteiger partial charge in [-0.3, -0.25) is 14.4 Å². The van der Waals surface area contributed by atoms with Crippen LogP contribution in [-0.4, -0.2) is 64.9 Å². The van der Waals surface area contributed by atoms with Gasteiger partial charge in [0.1, 0.15) is 5.82 Å². The predicted octanol–water partition coefficient (Wildman–Crippen LogP) is 1.38. The Morgan fingerprint density at radius 2 is 2.20 bits per heavy atom. The minimum Gasteiger partial charge on any atom is -0.374 e. The van der Waals surface area contributed by atoms with E-state index < -0.39 is 0 Å². The topological polar surface area (TPSA) is 50.6 Å². The molecule has 1 aliphatic heterocycles. The number of rotatable bonds is 6. The summed E-state index contributed by atoms with van der Waals surface area (Å²) < 4.78 is 20.6. The van der Waals surface area contributed by atoms with Gasteiger partial charge in [0.15, 0.2) is 0 Å². The number of nitrogens with zero attached hydrogens (tertiary/aromatic N) is 4. The normalized spacial score (nSPS) is 18.2. The van der Waals surface area contributed by atoms with Crippen LogP contribution in [0.3, 0.4) is 0 Å². The van der Waals surface area contributed by atoms with E-state index in [4.69, 9.17) is 4.74 Å². The second-order valence-electron chi connectivity index (χ2n) is 6.33. The fourth-order valence-electron chi connectivity index (χ4n) is 2.92. The molecule has 25 heavy (non-hydrogen) atoms.